The number of amides is 1. The zero-order valence-corrected chi connectivity index (χ0v) is 13.7. The number of fused-ring (bicyclic) bond motifs is 1. The van der Waals surface area contributed by atoms with E-state index in [0.717, 1.165) is 43.4 Å². The summed E-state index contributed by atoms with van der Waals surface area (Å²) < 4.78 is 5.24. The predicted octanol–water partition coefficient (Wildman–Crippen LogP) is 1.85. The topological polar surface area (TPSA) is 75.8 Å². The molecule has 1 saturated carbocycles. The first kappa shape index (κ1) is 16.3. The maximum absolute atomic E-state index is 11.5. The van der Waals surface area contributed by atoms with E-state index in [1.54, 1.807) is 7.11 Å². The van der Waals surface area contributed by atoms with Gasteiger partial charge in [0.05, 0.1) is 19.3 Å². The number of hydrogen-bond donors (Lipinski definition) is 2. The third-order valence-electron chi connectivity index (χ3n) is 5.49. The summed E-state index contributed by atoms with van der Waals surface area (Å²) in [7, 11) is 1.65. The third-order valence-corrected chi connectivity index (χ3v) is 5.49. The van der Waals surface area contributed by atoms with Crippen LogP contribution in [0.1, 0.15) is 43.7 Å². The molecular formula is C18H26N2O3. The van der Waals surface area contributed by atoms with E-state index in [9.17, 15) is 9.90 Å². The molecule has 0 radical (unpaired) electrons. The van der Waals surface area contributed by atoms with Gasteiger partial charge in [0.15, 0.2) is 0 Å². The second-order valence-electron chi connectivity index (χ2n) is 6.86. The van der Waals surface area contributed by atoms with Gasteiger partial charge >= 0.3 is 0 Å². The van der Waals surface area contributed by atoms with Gasteiger partial charge in [-0.25, -0.2) is 0 Å². The number of benzene rings is 1. The van der Waals surface area contributed by atoms with Gasteiger partial charge in [0.2, 0.25) is 5.91 Å². The van der Waals surface area contributed by atoms with Gasteiger partial charge < -0.3 is 15.6 Å². The van der Waals surface area contributed by atoms with Gasteiger partial charge in [-0.3, -0.25) is 9.69 Å². The standard InChI is InChI=1S/C18H26N2O3/c1-23-14-7-5-13(6-8-14)17-15-4-2-3-9-18(15,22)10-11-20(17)12-16(19)21/h5-8,15,17,22H,2-4,9-12H2,1H3,(H2,19,21)/t15-,17-,18-/m0/s1. The molecule has 1 aromatic rings. The van der Waals surface area contributed by atoms with Crippen LogP contribution in [0, 0.1) is 5.92 Å². The number of hydrogen-bond acceptors (Lipinski definition) is 4. The van der Waals surface area contributed by atoms with Gasteiger partial charge in [-0.2, -0.15) is 0 Å². The molecule has 1 amide bonds. The molecule has 2 aliphatic rings. The minimum absolute atomic E-state index is 0.0347. The Bertz CT molecular complexity index is 560. The quantitative estimate of drug-likeness (QED) is 0.888. The maximum Gasteiger partial charge on any atom is 0.231 e. The zero-order chi connectivity index (χ0) is 16.4. The van der Waals surface area contributed by atoms with Crippen molar-refractivity contribution in [1.82, 2.24) is 4.90 Å². The lowest BCUT2D eigenvalue weighted by atomic mass is 9.66. The Morgan fingerprint density at radius 2 is 2.09 bits per heavy atom. The number of aliphatic hydroxyl groups is 1. The summed E-state index contributed by atoms with van der Waals surface area (Å²) >= 11 is 0. The van der Waals surface area contributed by atoms with E-state index in [2.05, 4.69) is 4.90 Å². The van der Waals surface area contributed by atoms with Gasteiger partial charge in [-0.15, -0.1) is 0 Å². The van der Waals surface area contributed by atoms with Gasteiger partial charge in [0, 0.05) is 18.5 Å². The van der Waals surface area contributed by atoms with Crippen LogP contribution in [-0.4, -0.2) is 41.7 Å². The highest BCUT2D eigenvalue weighted by molar-refractivity contribution is 5.76. The molecule has 1 aromatic carbocycles. The van der Waals surface area contributed by atoms with Crippen LogP contribution in [0.4, 0.5) is 0 Å². The van der Waals surface area contributed by atoms with E-state index < -0.39 is 5.60 Å². The number of nitrogens with two attached hydrogens (primary N) is 1. The summed E-state index contributed by atoms with van der Waals surface area (Å²) in [5.74, 6) is 0.646. The number of ether oxygens (including phenoxy) is 1. The molecule has 5 heteroatoms. The molecule has 0 spiro atoms. The number of carbonyl (C=O) groups excluding carboxylic acids is 1. The second kappa shape index (κ2) is 6.49. The molecule has 23 heavy (non-hydrogen) atoms. The molecule has 3 atom stereocenters. The molecule has 3 N–H and O–H groups in total. The molecule has 0 bridgehead atoms. The van der Waals surface area contributed by atoms with Crippen LogP contribution in [0.5, 0.6) is 5.75 Å². The van der Waals surface area contributed by atoms with Crippen LogP contribution in [0.3, 0.4) is 0 Å². The Kier molecular flexibility index (Phi) is 4.60. The second-order valence-corrected chi connectivity index (χ2v) is 6.86. The lowest BCUT2D eigenvalue weighted by molar-refractivity contribution is -0.136. The molecule has 5 nitrogen and oxygen atoms in total. The molecule has 3 rings (SSSR count). The number of primary amides is 1. The summed E-state index contributed by atoms with van der Waals surface area (Å²) in [6, 6.07) is 7.99. The van der Waals surface area contributed by atoms with Gasteiger partial charge in [-0.05, 0) is 37.0 Å². The summed E-state index contributed by atoms with van der Waals surface area (Å²) in [6.07, 6.45) is 4.77. The smallest absolute Gasteiger partial charge is 0.231 e. The Labute approximate surface area is 137 Å². The van der Waals surface area contributed by atoms with Crippen LogP contribution in [0.15, 0.2) is 24.3 Å². The van der Waals surface area contributed by atoms with Crippen LogP contribution >= 0.6 is 0 Å². The third kappa shape index (κ3) is 3.21. The maximum atomic E-state index is 11.5. The van der Waals surface area contributed by atoms with Crippen molar-refractivity contribution in [1.29, 1.82) is 0 Å². The van der Waals surface area contributed by atoms with E-state index >= 15 is 0 Å². The van der Waals surface area contributed by atoms with Crippen molar-refractivity contribution in [2.24, 2.45) is 11.7 Å². The molecule has 2 fully saturated rings. The number of likely N-dealkylation sites (tertiary alicyclic amines) is 1. The molecule has 1 heterocycles. The molecule has 126 valence electrons. The normalized spacial score (nSPS) is 31.4. The first-order chi connectivity index (χ1) is 11.0. The van der Waals surface area contributed by atoms with Gasteiger partial charge in [0.25, 0.3) is 0 Å². The Morgan fingerprint density at radius 3 is 2.74 bits per heavy atom. The highest BCUT2D eigenvalue weighted by Gasteiger charge is 2.49. The van der Waals surface area contributed by atoms with Crippen molar-refractivity contribution in [3.8, 4) is 5.75 Å². The minimum Gasteiger partial charge on any atom is -0.497 e. The summed E-state index contributed by atoms with van der Waals surface area (Å²) in [5, 5.41) is 11.1. The first-order valence-electron chi connectivity index (χ1n) is 8.42. The minimum atomic E-state index is -0.614. The summed E-state index contributed by atoms with van der Waals surface area (Å²) in [5.41, 5.74) is 5.96. The van der Waals surface area contributed by atoms with Crippen molar-refractivity contribution in [2.75, 3.05) is 20.2 Å². The molecule has 1 aliphatic heterocycles. The van der Waals surface area contributed by atoms with Crippen molar-refractivity contribution < 1.29 is 14.6 Å². The van der Waals surface area contributed by atoms with Crippen molar-refractivity contribution in [3.05, 3.63) is 29.8 Å². The first-order valence-corrected chi connectivity index (χ1v) is 8.42. The monoisotopic (exact) mass is 318 g/mol. The van der Waals surface area contributed by atoms with E-state index in [1.807, 2.05) is 24.3 Å². The van der Waals surface area contributed by atoms with Crippen LogP contribution < -0.4 is 10.5 Å². The fraction of sp³-hybridized carbons (Fsp3) is 0.611. The number of nitrogens with zero attached hydrogens (tertiary/aromatic N) is 1. The predicted molar refractivity (Wildman–Crippen MR) is 88.0 cm³/mol. The highest BCUT2D eigenvalue weighted by Crippen LogP contribution is 2.49. The van der Waals surface area contributed by atoms with E-state index in [4.69, 9.17) is 10.5 Å². The number of rotatable bonds is 4. The van der Waals surface area contributed by atoms with E-state index in [0.29, 0.717) is 6.54 Å². The SMILES string of the molecule is COc1ccc([C@H]2[C@@H]3CCCC[C@]3(O)CCN2CC(N)=O)cc1. The van der Waals surface area contributed by atoms with Crippen molar-refractivity contribution >= 4 is 5.91 Å². The Morgan fingerprint density at radius 1 is 1.35 bits per heavy atom. The number of methoxy groups -OCH3 is 1. The lowest BCUT2D eigenvalue weighted by Gasteiger charge is -2.52. The van der Waals surface area contributed by atoms with Crippen LogP contribution in [-0.2, 0) is 4.79 Å². The molecular weight excluding hydrogens is 292 g/mol. The summed E-state index contributed by atoms with van der Waals surface area (Å²) in [6.45, 7) is 0.940. The fourth-order valence-corrected chi connectivity index (χ4v) is 4.36. The van der Waals surface area contributed by atoms with Crippen LogP contribution in [0.25, 0.3) is 0 Å². The van der Waals surface area contributed by atoms with Gasteiger partial charge in [0.1, 0.15) is 5.75 Å². The van der Waals surface area contributed by atoms with Gasteiger partial charge in [-0.1, -0.05) is 25.0 Å². The molecule has 0 unspecified atom stereocenters. The van der Waals surface area contributed by atoms with Crippen molar-refractivity contribution in [3.63, 3.8) is 0 Å². The molecule has 1 aliphatic carbocycles. The largest absolute Gasteiger partial charge is 0.497 e. The zero-order valence-electron chi connectivity index (χ0n) is 13.7. The Balaban J connectivity index is 1.94. The van der Waals surface area contributed by atoms with Crippen molar-refractivity contribution in [2.45, 2.75) is 43.7 Å². The molecule has 0 aromatic heterocycles. The highest BCUT2D eigenvalue weighted by atomic mass is 16.5. The average Bonchev–Trinajstić information content (AvgIpc) is 2.54. The fourth-order valence-electron chi connectivity index (χ4n) is 4.36. The number of carbonyl (C=O) groups is 1. The van der Waals surface area contributed by atoms with E-state index in [1.165, 1.54) is 0 Å². The summed E-state index contributed by atoms with van der Waals surface area (Å²) in [4.78, 5) is 13.6. The number of piperidine rings is 1. The van der Waals surface area contributed by atoms with Crippen LogP contribution in [0.2, 0.25) is 0 Å². The van der Waals surface area contributed by atoms with E-state index in [-0.39, 0.29) is 24.4 Å². The average molecular weight is 318 g/mol. The molecule has 1 saturated heterocycles. The Hall–Kier alpha value is -1.59. The lowest BCUT2D eigenvalue weighted by Crippen LogP contribution is -2.56.